The van der Waals surface area contributed by atoms with E-state index in [1.165, 1.54) is 0 Å². The van der Waals surface area contributed by atoms with Gasteiger partial charge < -0.3 is 14.9 Å². The van der Waals surface area contributed by atoms with Crippen LogP contribution in [-0.4, -0.2) is 34.4 Å². The lowest BCUT2D eigenvalue weighted by molar-refractivity contribution is -0.177. The summed E-state index contributed by atoms with van der Waals surface area (Å²) in [5.74, 6) is -2.19. The van der Waals surface area contributed by atoms with Crippen molar-refractivity contribution in [2.45, 2.75) is 71.3 Å². The second-order valence-electron chi connectivity index (χ2n) is 5.33. The maximum Gasteiger partial charge on any atom is 0.336 e. The molecule has 118 valence electrons. The first-order valence-corrected chi connectivity index (χ1v) is 7.49. The van der Waals surface area contributed by atoms with E-state index in [4.69, 9.17) is 9.84 Å². The highest BCUT2D eigenvalue weighted by molar-refractivity contribution is 5.78. The van der Waals surface area contributed by atoms with E-state index in [9.17, 15) is 14.7 Å². The fourth-order valence-electron chi connectivity index (χ4n) is 2.25. The highest BCUT2D eigenvalue weighted by atomic mass is 16.5. The van der Waals surface area contributed by atoms with Gasteiger partial charge in [0.15, 0.2) is 5.60 Å². The average Bonchev–Trinajstić information content (AvgIpc) is 2.39. The molecule has 0 bridgehead atoms. The summed E-state index contributed by atoms with van der Waals surface area (Å²) >= 11 is 0. The van der Waals surface area contributed by atoms with Gasteiger partial charge in [-0.15, -0.1) is 0 Å². The SMILES string of the molecule is CCCCOC(CCCC)(C(=O)O)C(C)CCC(=O)O. The summed E-state index contributed by atoms with van der Waals surface area (Å²) in [7, 11) is 0. The third kappa shape index (κ3) is 5.90. The van der Waals surface area contributed by atoms with Crippen molar-refractivity contribution in [1.82, 2.24) is 0 Å². The fraction of sp³-hybridized carbons (Fsp3) is 0.867. The van der Waals surface area contributed by atoms with Crippen LogP contribution in [0.3, 0.4) is 0 Å². The van der Waals surface area contributed by atoms with Gasteiger partial charge in [-0.25, -0.2) is 4.79 Å². The van der Waals surface area contributed by atoms with E-state index in [0.29, 0.717) is 19.4 Å². The third-order valence-corrected chi connectivity index (χ3v) is 3.71. The lowest BCUT2D eigenvalue weighted by Gasteiger charge is -2.35. The van der Waals surface area contributed by atoms with Crippen LogP contribution in [0.1, 0.15) is 65.7 Å². The van der Waals surface area contributed by atoms with E-state index in [1.807, 2.05) is 13.8 Å². The van der Waals surface area contributed by atoms with Crippen molar-refractivity contribution in [3.05, 3.63) is 0 Å². The largest absolute Gasteiger partial charge is 0.481 e. The number of ether oxygens (including phenoxy) is 1. The van der Waals surface area contributed by atoms with E-state index in [-0.39, 0.29) is 12.3 Å². The normalized spacial score (nSPS) is 15.6. The number of hydrogen-bond donors (Lipinski definition) is 2. The maximum absolute atomic E-state index is 11.7. The highest BCUT2D eigenvalue weighted by Crippen LogP contribution is 2.32. The van der Waals surface area contributed by atoms with Crippen LogP contribution in [0.5, 0.6) is 0 Å². The summed E-state index contributed by atoms with van der Waals surface area (Å²) < 4.78 is 5.74. The van der Waals surface area contributed by atoms with Crippen LogP contribution in [0.25, 0.3) is 0 Å². The van der Waals surface area contributed by atoms with Gasteiger partial charge in [0.1, 0.15) is 0 Å². The van der Waals surface area contributed by atoms with Crippen LogP contribution in [0.2, 0.25) is 0 Å². The molecule has 0 aromatic rings. The molecule has 0 radical (unpaired) electrons. The number of carbonyl (C=O) groups is 2. The second-order valence-corrected chi connectivity index (χ2v) is 5.33. The summed E-state index contributed by atoms with van der Waals surface area (Å²) in [5, 5.41) is 18.4. The Morgan fingerprint density at radius 1 is 1.15 bits per heavy atom. The number of unbranched alkanes of at least 4 members (excludes halogenated alkanes) is 2. The first-order chi connectivity index (χ1) is 9.40. The second kappa shape index (κ2) is 9.75. The standard InChI is InChI=1S/C15H28O5/c1-4-6-10-15(14(18)19,20-11-7-5-2)12(3)8-9-13(16)17/h12H,4-11H2,1-3H3,(H,16,17)(H,18,19). The predicted octanol–water partition coefficient (Wildman–Crippen LogP) is 3.32. The van der Waals surface area contributed by atoms with Gasteiger partial charge in [-0.1, -0.05) is 40.0 Å². The van der Waals surface area contributed by atoms with Crippen molar-refractivity contribution in [1.29, 1.82) is 0 Å². The maximum atomic E-state index is 11.7. The number of rotatable bonds is 12. The predicted molar refractivity (Wildman–Crippen MR) is 76.8 cm³/mol. The Bertz CT molecular complexity index is 303. The van der Waals surface area contributed by atoms with Crippen LogP contribution < -0.4 is 0 Å². The average molecular weight is 288 g/mol. The van der Waals surface area contributed by atoms with Gasteiger partial charge in [0.25, 0.3) is 0 Å². The van der Waals surface area contributed by atoms with Gasteiger partial charge in [-0.2, -0.15) is 0 Å². The molecule has 5 heteroatoms. The molecule has 2 N–H and O–H groups in total. The molecule has 0 spiro atoms. The van der Waals surface area contributed by atoms with Crippen LogP contribution in [0, 0.1) is 5.92 Å². The van der Waals surface area contributed by atoms with Crippen LogP contribution in [0.15, 0.2) is 0 Å². The molecule has 0 rings (SSSR count). The first-order valence-electron chi connectivity index (χ1n) is 7.49. The molecule has 0 aliphatic heterocycles. The van der Waals surface area contributed by atoms with Crippen molar-refractivity contribution in [2.24, 2.45) is 5.92 Å². The van der Waals surface area contributed by atoms with E-state index < -0.39 is 17.5 Å². The number of carboxylic acid groups (broad SMARTS) is 2. The summed E-state index contributed by atoms with van der Waals surface area (Å²) in [6.45, 7) is 6.20. The summed E-state index contributed by atoms with van der Waals surface area (Å²) in [5.41, 5.74) is -1.25. The molecule has 20 heavy (non-hydrogen) atoms. The molecule has 2 atom stereocenters. The molecule has 0 aliphatic carbocycles. The molecule has 0 aromatic heterocycles. The van der Waals surface area contributed by atoms with Crippen molar-refractivity contribution in [3.63, 3.8) is 0 Å². The van der Waals surface area contributed by atoms with E-state index >= 15 is 0 Å². The quantitative estimate of drug-likeness (QED) is 0.538. The number of hydrogen-bond acceptors (Lipinski definition) is 3. The topological polar surface area (TPSA) is 83.8 Å². The molecule has 0 fully saturated rings. The Kier molecular flexibility index (Phi) is 9.21. The highest BCUT2D eigenvalue weighted by Gasteiger charge is 2.44. The Labute approximate surface area is 121 Å². The molecule has 0 saturated carbocycles. The third-order valence-electron chi connectivity index (χ3n) is 3.71. The van der Waals surface area contributed by atoms with Crippen molar-refractivity contribution >= 4 is 11.9 Å². The molecule has 5 nitrogen and oxygen atoms in total. The lowest BCUT2D eigenvalue weighted by atomic mass is 9.81. The van der Waals surface area contributed by atoms with Crippen molar-refractivity contribution in [3.8, 4) is 0 Å². The van der Waals surface area contributed by atoms with Gasteiger partial charge in [0.05, 0.1) is 0 Å². The number of aliphatic carboxylic acids is 2. The van der Waals surface area contributed by atoms with E-state index in [1.54, 1.807) is 6.92 Å². The van der Waals surface area contributed by atoms with Crippen LogP contribution in [0.4, 0.5) is 0 Å². The minimum atomic E-state index is -1.25. The first kappa shape index (κ1) is 18.9. The Morgan fingerprint density at radius 3 is 2.20 bits per heavy atom. The Hall–Kier alpha value is -1.10. The minimum Gasteiger partial charge on any atom is -0.481 e. The van der Waals surface area contributed by atoms with Gasteiger partial charge in [0, 0.05) is 13.0 Å². The molecule has 0 saturated heterocycles. The molecular weight excluding hydrogens is 260 g/mol. The molecule has 0 aliphatic rings. The smallest absolute Gasteiger partial charge is 0.336 e. The zero-order valence-corrected chi connectivity index (χ0v) is 12.9. The zero-order chi connectivity index (χ0) is 15.6. The van der Waals surface area contributed by atoms with E-state index in [0.717, 1.165) is 25.7 Å². The lowest BCUT2D eigenvalue weighted by Crippen LogP contribution is -2.48. The summed E-state index contributed by atoms with van der Waals surface area (Å²) in [6, 6.07) is 0. The molecular formula is C15H28O5. The van der Waals surface area contributed by atoms with E-state index in [2.05, 4.69) is 0 Å². The monoisotopic (exact) mass is 288 g/mol. The molecule has 0 amide bonds. The zero-order valence-electron chi connectivity index (χ0n) is 12.9. The van der Waals surface area contributed by atoms with Gasteiger partial charge >= 0.3 is 11.9 Å². The fourth-order valence-corrected chi connectivity index (χ4v) is 2.25. The minimum absolute atomic E-state index is 0.0283. The van der Waals surface area contributed by atoms with Crippen molar-refractivity contribution < 1.29 is 24.5 Å². The van der Waals surface area contributed by atoms with Crippen LogP contribution in [-0.2, 0) is 14.3 Å². The van der Waals surface area contributed by atoms with Gasteiger partial charge in [-0.3, -0.25) is 4.79 Å². The number of carboxylic acids is 2. The Morgan fingerprint density at radius 2 is 1.75 bits per heavy atom. The summed E-state index contributed by atoms with van der Waals surface area (Å²) in [6.07, 6.45) is 4.12. The molecule has 2 unspecified atom stereocenters. The van der Waals surface area contributed by atoms with Crippen LogP contribution >= 0.6 is 0 Å². The van der Waals surface area contributed by atoms with Gasteiger partial charge in [0.2, 0.25) is 0 Å². The molecule has 0 heterocycles. The van der Waals surface area contributed by atoms with Crippen molar-refractivity contribution in [2.75, 3.05) is 6.61 Å². The van der Waals surface area contributed by atoms with Gasteiger partial charge in [-0.05, 0) is 25.2 Å². The Balaban J connectivity index is 4.93. The molecule has 0 aromatic carbocycles. The summed E-state index contributed by atoms with van der Waals surface area (Å²) in [4.78, 5) is 22.4.